The van der Waals surface area contributed by atoms with Gasteiger partial charge in [-0.1, -0.05) is 13.8 Å². The standard InChI is InChI=1S/C19H34N4O4S/c1-15(2)14-26-12-5-10-21-19(22-11-13-28(20,24)25)23-17-6-8-18(9-7-17)27-16(3)4/h6-9,15-16H,5,10-14H2,1-4H3,(H2,20,24,25)(H2,21,22,23). The Labute approximate surface area is 168 Å². The fraction of sp³-hybridized carbons (Fsp3) is 0.632. The van der Waals surface area contributed by atoms with Crippen LogP contribution in [0.2, 0.25) is 0 Å². The Kier molecular flexibility index (Phi) is 10.9. The number of hydrogen-bond donors (Lipinski definition) is 3. The minimum Gasteiger partial charge on any atom is -0.491 e. The van der Waals surface area contributed by atoms with Gasteiger partial charge in [-0.15, -0.1) is 0 Å². The molecule has 1 rings (SSSR count). The molecule has 0 fully saturated rings. The van der Waals surface area contributed by atoms with E-state index in [1.807, 2.05) is 38.1 Å². The summed E-state index contributed by atoms with van der Waals surface area (Å²) in [6.45, 7) is 10.2. The molecule has 0 saturated heterocycles. The Morgan fingerprint density at radius 2 is 1.86 bits per heavy atom. The molecule has 0 aliphatic carbocycles. The van der Waals surface area contributed by atoms with Gasteiger partial charge in [0.2, 0.25) is 10.0 Å². The molecule has 160 valence electrons. The lowest BCUT2D eigenvalue weighted by Crippen LogP contribution is -2.36. The van der Waals surface area contributed by atoms with E-state index < -0.39 is 10.0 Å². The molecular weight excluding hydrogens is 380 g/mol. The van der Waals surface area contributed by atoms with E-state index in [0.29, 0.717) is 25.0 Å². The first-order chi connectivity index (χ1) is 13.2. The maximum atomic E-state index is 11.1. The second-order valence-electron chi connectivity index (χ2n) is 7.16. The second-order valence-corrected chi connectivity index (χ2v) is 8.90. The van der Waals surface area contributed by atoms with Crippen molar-refractivity contribution in [2.24, 2.45) is 16.0 Å². The fourth-order valence-corrected chi connectivity index (χ4v) is 2.54. The van der Waals surface area contributed by atoms with Crippen molar-refractivity contribution in [3.05, 3.63) is 24.3 Å². The van der Waals surface area contributed by atoms with E-state index in [1.165, 1.54) is 0 Å². The first kappa shape index (κ1) is 24.2. The van der Waals surface area contributed by atoms with Crippen molar-refractivity contribution in [1.29, 1.82) is 0 Å². The van der Waals surface area contributed by atoms with Gasteiger partial charge in [-0.2, -0.15) is 0 Å². The van der Waals surface area contributed by atoms with Gasteiger partial charge in [-0.25, -0.2) is 13.6 Å². The summed E-state index contributed by atoms with van der Waals surface area (Å²) in [6.07, 6.45) is 0.879. The number of guanidine groups is 1. The van der Waals surface area contributed by atoms with Crippen LogP contribution < -0.4 is 20.5 Å². The summed E-state index contributed by atoms with van der Waals surface area (Å²) in [5, 5.41) is 11.2. The topological polar surface area (TPSA) is 115 Å². The zero-order valence-corrected chi connectivity index (χ0v) is 18.1. The molecule has 0 unspecified atom stereocenters. The first-order valence-corrected chi connectivity index (χ1v) is 11.3. The summed E-state index contributed by atoms with van der Waals surface area (Å²) >= 11 is 0. The molecule has 0 aliphatic heterocycles. The van der Waals surface area contributed by atoms with Crippen LogP contribution >= 0.6 is 0 Å². The van der Waals surface area contributed by atoms with Gasteiger partial charge >= 0.3 is 0 Å². The summed E-state index contributed by atoms with van der Waals surface area (Å²) < 4.78 is 33.4. The SMILES string of the molecule is CC(C)COCCCN=C(NCCS(N)(=O)=O)Nc1ccc(OC(C)C)cc1. The van der Waals surface area contributed by atoms with E-state index >= 15 is 0 Å². The maximum Gasteiger partial charge on any atom is 0.210 e. The highest BCUT2D eigenvalue weighted by Gasteiger charge is 2.05. The van der Waals surface area contributed by atoms with Crippen LogP contribution in [0.1, 0.15) is 34.1 Å². The van der Waals surface area contributed by atoms with Gasteiger partial charge in [0.15, 0.2) is 5.96 Å². The zero-order chi connectivity index (χ0) is 21.0. The van der Waals surface area contributed by atoms with Gasteiger partial charge in [0.25, 0.3) is 0 Å². The average Bonchev–Trinajstić information content (AvgIpc) is 2.57. The van der Waals surface area contributed by atoms with E-state index in [-0.39, 0.29) is 18.4 Å². The number of ether oxygens (including phenoxy) is 2. The highest BCUT2D eigenvalue weighted by molar-refractivity contribution is 7.89. The van der Waals surface area contributed by atoms with Crippen molar-refractivity contribution >= 4 is 21.7 Å². The molecular formula is C19H34N4O4S. The summed E-state index contributed by atoms with van der Waals surface area (Å²) in [5.74, 6) is 1.60. The van der Waals surface area contributed by atoms with Gasteiger partial charge in [-0.05, 0) is 50.5 Å². The predicted octanol–water partition coefficient (Wildman–Crippen LogP) is 2.18. The third kappa shape index (κ3) is 12.5. The van der Waals surface area contributed by atoms with Gasteiger partial charge in [0.1, 0.15) is 5.75 Å². The van der Waals surface area contributed by atoms with E-state index in [2.05, 4.69) is 29.5 Å². The van der Waals surface area contributed by atoms with Crippen LogP contribution in [-0.4, -0.2) is 52.5 Å². The van der Waals surface area contributed by atoms with Crippen LogP contribution in [0.3, 0.4) is 0 Å². The van der Waals surface area contributed by atoms with Crippen LogP contribution in [0, 0.1) is 5.92 Å². The number of sulfonamides is 1. The van der Waals surface area contributed by atoms with Crippen molar-refractivity contribution in [1.82, 2.24) is 5.32 Å². The quantitative estimate of drug-likeness (QED) is 0.274. The number of benzene rings is 1. The zero-order valence-electron chi connectivity index (χ0n) is 17.3. The number of primary sulfonamides is 1. The lowest BCUT2D eigenvalue weighted by atomic mass is 10.2. The third-order valence-electron chi connectivity index (χ3n) is 3.34. The summed E-state index contributed by atoms with van der Waals surface area (Å²) in [6, 6.07) is 7.48. The van der Waals surface area contributed by atoms with Crippen LogP contribution in [-0.2, 0) is 14.8 Å². The number of nitrogens with one attached hydrogen (secondary N) is 2. The lowest BCUT2D eigenvalue weighted by molar-refractivity contribution is 0.109. The highest BCUT2D eigenvalue weighted by Crippen LogP contribution is 2.16. The molecule has 0 amide bonds. The molecule has 0 radical (unpaired) electrons. The molecule has 0 aromatic heterocycles. The normalized spacial score (nSPS) is 12.5. The van der Waals surface area contributed by atoms with E-state index in [9.17, 15) is 8.42 Å². The van der Waals surface area contributed by atoms with Crippen LogP contribution in [0.25, 0.3) is 0 Å². The maximum absolute atomic E-state index is 11.1. The predicted molar refractivity (Wildman–Crippen MR) is 114 cm³/mol. The smallest absolute Gasteiger partial charge is 0.210 e. The molecule has 0 heterocycles. The Bertz CT molecular complexity index is 688. The molecule has 0 aliphatic rings. The monoisotopic (exact) mass is 414 g/mol. The number of aliphatic imine (C=N–C) groups is 1. The molecule has 0 atom stereocenters. The van der Waals surface area contributed by atoms with E-state index in [1.54, 1.807) is 0 Å². The van der Waals surface area contributed by atoms with Crippen LogP contribution in [0.4, 0.5) is 5.69 Å². The number of hydrogen-bond acceptors (Lipinski definition) is 5. The Morgan fingerprint density at radius 3 is 2.43 bits per heavy atom. The molecule has 0 spiro atoms. The molecule has 1 aromatic carbocycles. The van der Waals surface area contributed by atoms with Gasteiger partial charge in [0.05, 0.1) is 11.9 Å². The molecule has 0 saturated carbocycles. The second kappa shape index (κ2) is 12.6. The molecule has 9 heteroatoms. The Balaban J connectivity index is 2.61. The molecule has 28 heavy (non-hydrogen) atoms. The largest absolute Gasteiger partial charge is 0.491 e. The Hall–Kier alpha value is -1.84. The van der Waals surface area contributed by atoms with Crippen molar-refractivity contribution in [2.45, 2.75) is 40.2 Å². The Morgan fingerprint density at radius 1 is 1.18 bits per heavy atom. The minimum absolute atomic E-state index is 0.105. The summed E-state index contributed by atoms with van der Waals surface area (Å²) in [5.41, 5.74) is 0.814. The van der Waals surface area contributed by atoms with Crippen molar-refractivity contribution in [3.8, 4) is 5.75 Å². The van der Waals surface area contributed by atoms with E-state index in [4.69, 9.17) is 14.6 Å². The molecule has 4 N–H and O–H groups in total. The first-order valence-electron chi connectivity index (χ1n) is 9.56. The van der Waals surface area contributed by atoms with Crippen LogP contribution in [0.15, 0.2) is 29.3 Å². The van der Waals surface area contributed by atoms with Gasteiger partial charge < -0.3 is 20.1 Å². The van der Waals surface area contributed by atoms with Crippen molar-refractivity contribution in [2.75, 3.05) is 37.4 Å². The fourth-order valence-electron chi connectivity index (χ4n) is 2.15. The summed E-state index contributed by atoms with van der Waals surface area (Å²) in [7, 11) is -3.53. The third-order valence-corrected chi connectivity index (χ3v) is 4.11. The van der Waals surface area contributed by atoms with Crippen molar-refractivity contribution in [3.63, 3.8) is 0 Å². The minimum atomic E-state index is -3.53. The molecule has 8 nitrogen and oxygen atoms in total. The molecule has 0 bridgehead atoms. The molecule has 1 aromatic rings. The van der Waals surface area contributed by atoms with E-state index in [0.717, 1.165) is 24.5 Å². The lowest BCUT2D eigenvalue weighted by Gasteiger charge is -2.14. The highest BCUT2D eigenvalue weighted by atomic mass is 32.2. The van der Waals surface area contributed by atoms with Crippen molar-refractivity contribution < 1.29 is 17.9 Å². The van der Waals surface area contributed by atoms with Gasteiger partial charge in [0, 0.05) is 32.0 Å². The number of anilines is 1. The average molecular weight is 415 g/mol. The number of nitrogens with two attached hydrogens (primary N) is 1. The van der Waals surface area contributed by atoms with Gasteiger partial charge in [-0.3, -0.25) is 4.99 Å². The van der Waals surface area contributed by atoms with Crippen LogP contribution in [0.5, 0.6) is 5.75 Å². The number of nitrogens with zero attached hydrogens (tertiary/aromatic N) is 1. The number of rotatable bonds is 12. The summed E-state index contributed by atoms with van der Waals surface area (Å²) in [4.78, 5) is 4.47.